The molecule has 0 aliphatic rings. The first-order valence-electron chi connectivity index (χ1n) is 6.02. The van der Waals surface area contributed by atoms with Gasteiger partial charge in [0.05, 0.1) is 19.8 Å². The summed E-state index contributed by atoms with van der Waals surface area (Å²) in [4.78, 5) is 12.1. The average Bonchev–Trinajstić information content (AvgIpc) is 2.37. The smallest absolute Gasteiger partial charge is 0.255 e. The van der Waals surface area contributed by atoms with Gasteiger partial charge in [-0.1, -0.05) is 13.8 Å². The first-order valence-corrected chi connectivity index (χ1v) is 6.02. The Labute approximate surface area is 108 Å². The minimum Gasteiger partial charge on any atom is -0.497 e. The summed E-state index contributed by atoms with van der Waals surface area (Å²) in [6.07, 6.45) is 0. The van der Waals surface area contributed by atoms with Gasteiger partial charge < -0.3 is 14.8 Å². The lowest BCUT2D eigenvalue weighted by Gasteiger charge is -2.18. The highest BCUT2D eigenvalue weighted by molar-refractivity contribution is 5.97. The topological polar surface area (TPSA) is 47.6 Å². The fourth-order valence-corrected chi connectivity index (χ4v) is 1.44. The molecule has 1 amide bonds. The maximum absolute atomic E-state index is 12.1. The van der Waals surface area contributed by atoms with Crippen molar-refractivity contribution in [1.82, 2.24) is 5.32 Å². The van der Waals surface area contributed by atoms with Crippen LogP contribution in [0.5, 0.6) is 11.5 Å². The number of nitrogens with one attached hydrogen (secondary N) is 1. The van der Waals surface area contributed by atoms with Crippen LogP contribution >= 0.6 is 0 Å². The van der Waals surface area contributed by atoms with E-state index in [2.05, 4.69) is 19.2 Å². The van der Waals surface area contributed by atoms with Crippen LogP contribution in [0.1, 0.15) is 31.1 Å². The van der Waals surface area contributed by atoms with E-state index in [-0.39, 0.29) is 11.9 Å². The zero-order valence-corrected chi connectivity index (χ0v) is 11.6. The summed E-state index contributed by atoms with van der Waals surface area (Å²) in [5.41, 5.74) is 0.519. The van der Waals surface area contributed by atoms with E-state index >= 15 is 0 Å². The molecule has 1 unspecified atom stereocenters. The molecule has 1 aromatic rings. The van der Waals surface area contributed by atoms with Gasteiger partial charge in [0.25, 0.3) is 5.91 Å². The molecule has 0 heterocycles. The molecule has 4 nitrogen and oxygen atoms in total. The second kappa shape index (κ2) is 6.28. The van der Waals surface area contributed by atoms with E-state index in [4.69, 9.17) is 9.47 Å². The second-order valence-electron chi connectivity index (χ2n) is 4.57. The summed E-state index contributed by atoms with van der Waals surface area (Å²) in [7, 11) is 3.12. The fourth-order valence-electron chi connectivity index (χ4n) is 1.44. The summed E-state index contributed by atoms with van der Waals surface area (Å²) in [6, 6.07) is 5.27. The maximum Gasteiger partial charge on any atom is 0.255 e. The van der Waals surface area contributed by atoms with Gasteiger partial charge in [-0.05, 0) is 25.0 Å². The van der Waals surface area contributed by atoms with Crippen molar-refractivity contribution in [2.24, 2.45) is 5.92 Å². The molecule has 0 aliphatic carbocycles. The molecule has 0 saturated carbocycles. The van der Waals surface area contributed by atoms with Gasteiger partial charge in [-0.25, -0.2) is 0 Å². The molecule has 4 heteroatoms. The lowest BCUT2D eigenvalue weighted by atomic mass is 10.1. The highest BCUT2D eigenvalue weighted by Gasteiger charge is 2.16. The summed E-state index contributed by atoms with van der Waals surface area (Å²) in [5, 5.41) is 2.95. The van der Waals surface area contributed by atoms with E-state index < -0.39 is 0 Å². The molecule has 0 radical (unpaired) electrons. The van der Waals surface area contributed by atoms with Crippen LogP contribution in [0, 0.1) is 5.92 Å². The number of rotatable bonds is 5. The van der Waals surface area contributed by atoms with Gasteiger partial charge >= 0.3 is 0 Å². The van der Waals surface area contributed by atoms with Crippen LogP contribution in [0.4, 0.5) is 0 Å². The number of benzene rings is 1. The average molecular weight is 251 g/mol. The van der Waals surface area contributed by atoms with Crippen molar-refractivity contribution in [2.75, 3.05) is 14.2 Å². The van der Waals surface area contributed by atoms with E-state index in [1.54, 1.807) is 25.3 Å². The number of hydrogen-bond acceptors (Lipinski definition) is 3. The molecule has 0 saturated heterocycles. The predicted molar refractivity (Wildman–Crippen MR) is 71.3 cm³/mol. The van der Waals surface area contributed by atoms with Gasteiger partial charge in [0, 0.05) is 12.1 Å². The second-order valence-corrected chi connectivity index (χ2v) is 4.57. The Balaban J connectivity index is 2.91. The highest BCUT2D eigenvalue weighted by atomic mass is 16.5. The van der Waals surface area contributed by atoms with Crippen LogP contribution in [-0.4, -0.2) is 26.2 Å². The molecule has 1 N–H and O–H groups in total. The molecule has 0 fully saturated rings. The normalized spacial score (nSPS) is 12.1. The predicted octanol–water partition coefficient (Wildman–Crippen LogP) is 2.48. The number of methoxy groups -OCH3 is 2. The molecule has 100 valence electrons. The lowest BCUT2D eigenvalue weighted by Crippen LogP contribution is -2.36. The number of hydrogen-bond donors (Lipinski definition) is 1. The summed E-state index contributed by atoms with van der Waals surface area (Å²) in [5.74, 6) is 1.44. The zero-order chi connectivity index (χ0) is 13.7. The van der Waals surface area contributed by atoms with E-state index in [1.165, 1.54) is 7.11 Å². The number of ether oxygens (including phenoxy) is 2. The van der Waals surface area contributed by atoms with Gasteiger partial charge in [-0.2, -0.15) is 0 Å². The minimum absolute atomic E-state index is 0.115. The van der Waals surface area contributed by atoms with E-state index in [1.807, 2.05) is 6.92 Å². The SMILES string of the molecule is COc1ccc(C(=O)NC(C)C(C)C)c(OC)c1. The van der Waals surface area contributed by atoms with Gasteiger partial charge in [-0.3, -0.25) is 4.79 Å². The fraction of sp³-hybridized carbons (Fsp3) is 0.500. The van der Waals surface area contributed by atoms with Crippen LogP contribution in [0.15, 0.2) is 18.2 Å². The van der Waals surface area contributed by atoms with Crippen molar-refractivity contribution in [3.8, 4) is 11.5 Å². The van der Waals surface area contributed by atoms with E-state index in [0.29, 0.717) is 23.0 Å². The van der Waals surface area contributed by atoms with Crippen LogP contribution in [-0.2, 0) is 0 Å². The highest BCUT2D eigenvalue weighted by Crippen LogP contribution is 2.24. The molecule has 0 bridgehead atoms. The third-order valence-electron chi connectivity index (χ3n) is 3.01. The molecule has 1 rings (SSSR count). The standard InChI is InChI=1S/C14H21NO3/c1-9(2)10(3)15-14(16)12-7-6-11(17-4)8-13(12)18-5/h6-10H,1-5H3,(H,15,16). The molecular formula is C14H21NO3. The molecule has 1 atom stereocenters. The Morgan fingerprint density at radius 1 is 1.17 bits per heavy atom. The van der Waals surface area contributed by atoms with Crippen molar-refractivity contribution in [3.63, 3.8) is 0 Å². The maximum atomic E-state index is 12.1. The Hall–Kier alpha value is -1.71. The van der Waals surface area contributed by atoms with Crippen molar-refractivity contribution in [2.45, 2.75) is 26.8 Å². The molecule has 0 spiro atoms. The summed E-state index contributed by atoms with van der Waals surface area (Å²) in [6.45, 7) is 6.12. The van der Waals surface area contributed by atoms with Gasteiger partial charge in [0.15, 0.2) is 0 Å². The first-order chi connectivity index (χ1) is 8.49. The summed E-state index contributed by atoms with van der Waals surface area (Å²) >= 11 is 0. The number of amides is 1. The van der Waals surface area contributed by atoms with Crippen LogP contribution in [0.2, 0.25) is 0 Å². The third-order valence-corrected chi connectivity index (χ3v) is 3.01. The first kappa shape index (κ1) is 14.4. The van der Waals surface area contributed by atoms with Crippen LogP contribution in [0.25, 0.3) is 0 Å². The molecule has 1 aromatic carbocycles. The molecule has 0 aliphatic heterocycles. The van der Waals surface area contributed by atoms with E-state index in [0.717, 1.165) is 0 Å². The Morgan fingerprint density at radius 2 is 1.83 bits per heavy atom. The van der Waals surface area contributed by atoms with Gasteiger partial charge in [0.2, 0.25) is 0 Å². The van der Waals surface area contributed by atoms with Crippen molar-refractivity contribution < 1.29 is 14.3 Å². The Morgan fingerprint density at radius 3 is 2.33 bits per heavy atom. The van der Waals surface area contributed by atoms with Crippen LogP contribution < -0.4 is 14.8 Å². The number of carbonyl (C=O) groups excluding carboxylic acids is 1. The zero-order valence-electron chi connectivity index (χ0n) is 11.6. The van der Waals surface area contributed by atoms with Crippen molar-refractivity contribution in [1.29, 1.82) is 0 Å². The summed E-state index contributed by atoms with van der Waals surface area (Å²) < 4.78 is 10.3. The van der Waals surface area contributed by atoms with E-state index in [9.17, 15) is 4.79 Å². The number of carbonyl (C=O) groups is 1. The quantitative estimate of drug-likeness (QED) is 0.874. The van der Waals surface area contributed by atoms with Gasteiger partial charge in [0.1, 0.15) is 11.5 Å². The van der Waals surface area contributed by atoms with Gasteiger partial charge in [-0.15, -0.1) is 0 Å². The van der Waals surface area contributed by atoms with Crippen molar-refractivity contribution >= 4 is 5.91 Å². The molecule has 0 aromatic heterocycles. The monoisotopic (exact) mass is 251 g/mol. The Kier molecular flexibility index (Phi) is 5.01. The lowest BCUT2D eigenvalue weighted by molar-refractivity contribution is 0.0927. The van der Waals surface area contributed by atoms with Crippen LogP contribution in [0.3, 0.4) is 0 Å². The molecular weight excluding hydrogens is 230 g/mol. The largest absolute Gasteiger partial charge is 0.497 e. The van der Waals surface area contributed by atoms with Crippen molar-refractivity contribution in [3.05, 3.63) is 23.8 Å². The third kappa shape index (κ3) is 3.39. The molecule has 18 heavy (non-hydrogen) atoms. The Bertz CT molecular complexity index is 416. The minimum atomic E-state index is -0.129.